The third-order valence-electron chi connectivity index (χ3n) is 1.80. The lowest BCUT2D eigenvalue weighted by atomic mass is 10.3. The van der Waals surface area contributed by atoms with Crippen molar-refractivity contribution in [1.82, 2.24) is 4.98 Å². The molecule has 0 fully saturated rings. The summed E-state index contributed by atoms with van der Waals surface area (Å²) >= 11 is 0.972. The molecule has 0 saturated heterocycles. The maximum atomic E-state index is 12.0. The molecule has 2 aromatic rings. The number of thiazole rings is 1. The largest absolute Gasteiger partial charge is 0.573 e. The Morgan fingerprint density at radius 3 is 2.78 bits per heavy atom. The van der Waals surface area contributed by atoms with Crippen molar-refractivity contribution in [2.45, 2.75) is 6.36 Å². The molecular weight excluding hydrogens is 273 g/mol. The van der Waals surface area contributed by atoms with Crippen molar-refractivity contribution in [3.63, 3.8) is 0 Å². The molecule has 0 aliphatic heterocycles. The molecule has 96 valence electrons. The average molecular weight is 277 g/mol. The van der Waals surface area contributed by atoms with E-state index in [4.69, 9.17) is 0 Å². The fourth-order valence-corrected chi connectivity index (χ4v) is 2.08. The molecule has 5 nitrogen and oxygen atoms in total. The summed E-state index contributed by atoms with van der Waals surface area (Å²) in [7, 11) is 0. The van der Waals surface area contributed by atoms with Gasteiger partial charge in [0, 0.05) is 6.07 Å². The SMILES string of the molecule is O=C([O-])Nc1nc2cc(OC(F)(F)F)ccc2s1. The Kier molecular flexibility index (Phi) is 2.99. The van der Waals surface area contributed by atoms with Crippen LogP contribution in [-0.2, 0) is 0 Å². The van der Waals surface area contributed by atoms with E-state index in [0.29, 0.717) is 4.70 Å². The van der Waals surface area contributed by atoms with Crippen LogP contribution < -0.4 is 15.2 Å². The van der Waals surface area contributed by atoms with Gasteiger partial charge >= 0.3 is 6.36 Å². The molecule has 0 spiro atoms. The van der Waals surface area contributed by atoms with Crippen LogP contribution in [0, 0.1) is 0 Å². The van der Waals surface area contributed by atoms with Gasteiger partial charge in [0.15, 0.2) is 5.13 Å². The first-order valence-electron chi connectivity index (χ1n) is 4.48. The summed E-state index contributed by atoms with van der Waals surface area (Å²) < 4.78 is 40.2. The van der Waals surface area contributed by atoms with Crippen molar-refractivity contribution < 1.29 is 27.8 Å². The lowest BCUT2D eigenvalue weighted by Gasteiger charge is -2.07. The standard InChI is InChI=1S/C9H5F3N2O3S/c10-9(11,12)17-4-1-2-6-5(3-4)13-7(18-6)14-8(15)16/h1-3H,(H,13,14)(H,15,16)/p-1. The third-order valence-corrected chi connectivity index (χ3v) is 2.75. The Morgan fingerprint density at radius 1 is 1.44 bits per heavy atom. The van der Waals surface area contributed by atoms with Crippen LogP contribution in [0.2, 0.25) is 0 Å². The van der Waals surface area contributed by atoms with Crippen molar-refractivity contribution in [3.8, 4) is 5.75 Å². The second-order valence-corrected chi connectivity index (χ2v) is 4.14. The molecule has 0 atom stereocenters. The number of ether oxygens (including phenoxy) is 1. The second-order valence-electron chi connectivity index (χ2n) is 3.11. The van der Waals surface area contributed by atoms with Gasteiger partial charge in [-0.2, -0.15) is 0 Å². The van der Waals surface area contributed by atoms with Crippen LogP contribution in [0.4, 0.5) is 23.1 Å². The number of alkyl halides is 3. The monoisotopic (exact) mass is 277 g/mol. The Hall–Kier alpha value is -2.03. The highest BCUT2D eigenvalue weighted by atomic mass is 32.1. The van der Waals surface area contributed by atoms with Crippen LogP contribution in [-0.4, -0.2) is 17.4 Å². The lowest BCUT2D eigenvalue weighted by molar-refractivity contribution is -0.274. The van der Waals surface area contributed by atoms with Crippen LogP contribution in [0.25, 0.3) is 10.2 Å². The molecule has 0 saturated carbocycles. The molecule has 9 heteroatoms. The minimum atomic E-state index is -4.78. The van der Waals surface area contributed by atoms with Gasteiger partial charge in [-0.15, -0.1) is 13.2 Å². The predicted octanol–water partition coefficient (Wildman–Crippen LogP) is 1.95. The molecule has 0 unspecified atom stereocenters. The van der Waals surface area contributed by atoms with Crippen LogP contribution in [0.3, 0.4) is 0 Å². The highest BCUT2D eigenvalue weighted by Gasteiger charge is 2.31. The third kappa shape index (κ3) is 3.00. The number of amides is 1. The van der Waals surface area contributed by atoms with Crippen LogP contribution in [0.5, 0.6) is 5.75 Å². The normalized spacial score (nSPS) is 11.5. The van der Waals surface area contributed by atoms with Crippen molar-refractivity contribution in [2.24, 2.45) is 0 Å². The molecule has 1 aromatic heterocycles. The number of halogens is 3. The first-order valence-corrected chi connectivity index (χ1v) is 5.29. The predicted molar refractivity (Wildman–Crippen MR) is 55.3 cm³/mol. The number of fused-ring (bicyclic) bond motifs is 1. The van der Waals surface area contributed by atoms with E-state index in [1.165, 1.54) is 6.07 Å². The van der Waals surface area contributed by atoms with Gasteiger partial charge in [0.25, 0.3) is 0 Å². The fourth-order valence-electron chi connectivity index (χ4n) is 1.25. The molecule has 0 radical (unpaired) electrons. The Morgan fingerprint density at radius 2 is 2.17 bits per heavy atom. The zero-order valence-corrected chi connectivity index (χ0v) is 9.26. The zero-order chi connectivity index (χ0) is 13.3. The van der Waals surface area contributed by atoms with Gasteiger partial charge in [-0.05, 0) is 12.1 Å². The number of nitrogens with one attached hydrogen (secondary N) is 1. The highest BCUT2D eigenvalue weighted by Crippen LogP contribution is 2.31. The van der Waals surface area contributed by atoms with Crippen LogP contribution in [0.1, 0.15) is 0 Å². The van der Waals surface area contributed by atoms with Crippen molar-refractivity contribution >= 4 is 32.8 Å². The number of anilines is 1. The zero-order valence-electron chi connectivity index (χ0n) is 8.45. The molecule has 0 aliphatic carbocycles. The number of hydrogen-bond acceptors (Lipinski definition) is 5. The van der Waals surface area contributed by atoms with E-state index in [1.54, 1.807) is 0 Å². The van der Waals surface area contributed by atoms with E-state index >= 15 is 0 Å². The van der Waals surface area contributed by atoms with Gasteiger partial charge in [-0.3, -0.25) is 0 Å². The van der Waals surface area contributed by atoms with Crippen molar-refractivity contribution in [2.75, 3.05) is 5.32 Å². The average Bonchev–Trinajstić information content (AvgIpc) is 2.55. The van der Waals surface area contributed by atoms with Gasteiger partial charge in [0.05, 0.1) is 10.2 Å². The topological polar surface area (TPSA) is 74.3 Å². The number of carbonyl (C=O) groups is 1. The minimum absolute atomic E-state index is 0.0224. The fraction of sp³-hybridized carbons (Fsp3) is 0.111. The first-order chi connectivity index (χ1) is 8.33. The molecule has 1 amide bonds. The lowest BCUT2D eigenvalue weighted by Crippen LogP contribution is -2.28. The van der Waals surface area contributed by atoms with Gasteiger partial charge < -0.3 is 20.0 Å². The minimum Gasteiger partial charge on any atom is -0.530 e. The Labute approximate surface area is 102 Å². The van der Waals surface area contributed by atoms with E-state index in [9.17, 15) is 23.1 Å². The Balaban J connectivity index is 2.30. The van der Waals surface area contributed by atoms with E-state index in [2.05, 4.69) is 9.72 Å². The van der Waals surface area contributed by atoms with Gasteiger partial charge in [0.1, 0.15) is 11.8 Å². The Bertz CT molecular complexity index is 596. The highest BCUT2D eigenvalue weighted by molar-refractivity contribution is 7.22. The van der Waals surface area contributed by atoms with E-state index in [-0.39, 0.29) is 10.6 Å². The first kappa shape index (κ1) is 12.4. The number of carbonyl (C=O) groups excluding carboxylic acids is 1. The van der Waals surface area contributed by atoms with E-state index in [0.717, 1.165) is 23.5 Å². The summed E-state index contributed by atoms with van der Waals surface area (Å²) in [5.41, 5.74) is 0.200. The van der Waals surface area contributed by atoms with Gasteiger partial charge in [0.2, 0.25) is 0 Å². The molecule has 18 heavy (non-hydrogen) atoms. The maximum absolute atomic E-state index is 12.0. The second kappa shape index (κ2) is 4.33. The summed E-state index contributed by atoms with van der Waals surface area (Å²) in [6, 6.07) is 3.55. The molecule has 2 rings (SSSR count). The molecule has 0 aliphatic rings. The number of rotatable bonds is 2. The van der Waals surface area contributed by atoms with Crippen molar-refractivity contribution in [3.05, 3.63) is 18.2 Å². The van der Waals surface area contributed by atoms with Gasteiger partial charge in [-0.1, -0.05) is 11.3 Å². The molecule has 0 bridgehead atoms. The summed E-state index contributed by atoms with van der Waals surface area (Å²) in [5, 5.41) is 12.2. The quantitative estimate of drug-likeness (QED) is 0.910. The van der Waals surface area contributed by atoms with Crippen LogP contribution >= 0.6 is 11.3 Å². The summed E-state index contributed by atoms with van der Waals surface area (Å²) in [6.45, 7) is 0. The number of benzene rings is 1. The number of carboxylic acid groups (broad SMARTS) is 1. The van der Waals surface area contributed by atoms with Crippen molar-refractivity contribution in [1.29, 1.82) is 0 Å². The van der Waals surface area contributed by atoms with Crippen LogP contribution in [0.15, 0.2) is 18.2 Å². The maximum Gasteiger partial charge on any atom is 0.573 e. The number of aromatic nitrogens is 1. The number of hydrogen-bond donors (Lipinski definition) is 1. The summed E-state index contributed by atoms with van der Waals surface area (Å²) in [5.74, 6) is -0.416. The summed E-state index contributed by atoms with van der Waals surface area (Å²) in [4.78, 5) is 14.1. The molecule has 1 N–H and O–H groups in total. The number of nitrogens with zero attached hydrogens (tertiary/aromatic N) is 1. The van der Waals surface area contributed by atoms with Gasteiger partial charge in [-0.25, -0.2) is 4.98 Å². The summed E-state index contributed by atoms with van der Waals surface area (Å²) in [6.07, 6.45) is -6.32. The van der Waals surface area contributed by atoms with E-state index in [1.807, 2.05) is 5.32 Å². The molecule has 1 heterocycles. The smallest absolute Gasteiger partial charge is 0.530 e. The van der Waals surface area contributed by atoms with E-state index < -0.39 is 18.2 Å². The molecule has 1 aromatic carbocycles. The molecular formula is C9H4F3N2O3S-.